The number of hydrogen-bond acceptors (Lipinski definition) is 1. The van der Waals surface area contributed by atoms with Crippen molar-refractivity contribution >= 4 is 22.6 Å². The van der Waals surface area contributed by atoms with Crippen LogP contribution < -0.4 is 0 Å². The summed E-state index contributed by atoms with van der Waals surface area (Å²) >= 11 is 2.20. The van der Waals surface area contributed by atoms with Crippen LogP contribution in [0, 0.1) is 11.8 Å². The van der Waals surface area contributed by atoms with Crippen molar-refractivity contribution in [2.45, 2.75) is 24.9 Å². The van der Waals surface area contributed by atoms with Crippen LogP contribution in [0.3, 0.4) is 0 Å². The van der Waals surface area contributed by atoms with E-state index in [4.69, 9.17) is 0 Å². The quantitative estimate of drug-likeness (QED) is 0.607. The number of allylic oxidation sites excluding steroid dienone is 2. The highest BCUT2D eigenvalue weighted by molar-refractivity contribution is 14.1. The molecule has 2 aliphatic rings. The van der Waals surface area contributed by atoms with Gasteiger partial charge in [-0.25, -0.2) is 0 Å². The zero-order chi connectivity index (χ0) is 8.60. The van der Waals surface area contributed by atoms with Crippen LogP contribution in [0.1, 0.15) is 19.3 Å². The van der Waals surface area contributed by atoms with E-state index in [2.05, 4.69) is 40.8 Å². The van der Waals surface area contributed by atoms with Gasteiger partial charge in [-0.3, -0.25) is 0 Å². The third-order valence-corrected chi connectivity index (χ3v) is 3.64. The Bertz CT molecular complexity index is 234. The van der Waals surface area contributed by atoms with Crippen LogP contribution in [0.25, 0.3) is 0 Å². The first-order valence-corrected chi connectivity index (χ1v) is 5.65. The Labute approximate surface area is 86.7 Å². The molecule has 2 rings (SSSR count). The minimum absolute atomic E-state index is 0.379. The monoisotopic (exact) mass is 276 g/mol. The van der Waals surface area contributed by atoms with Gasteiger partial charge in [-0.1, -0.05) is 40.8 Å². The third kappa shape index (κ3) is 1.25. The van der Waals surface area contributed by atoms with E-state index in [1.165, 1.54) is 0 Å². The topological polar surface area (TPSA) is 20.2 Å². The van der Waals surface area contributed by atoms with E-state index in [0.29, 0.717) is 11.8 Å². The van der Waals surface area contributed by atoms with Gasteiger partial charge in [0.25, 0.3) is 0 Å². The van der Waals surface area contributed by atoms with Gasteiger partial charge in [0.2, 0.25) is 0 Å². The summed E-state index contributed by atoms with van der Waals surface area (Å²) in [5.41, 5.74) is -0.379. The van der Waals surface area contributed by atoms with Crippen LogP contribution in [0.4, 0.5) is 0 Å². The zero-order valence-corrected chi connectivity index (χ0v) is 9.07. The van der Waals surface area contributed by atoms with Crippen molar-refractivity contribution in [3.05, 3.63) is 22.3 Å². The summed E-state index contributed by atoms with van der Waals surface area (Å²) in [6.45, 7) is 0. The molecule has 0 bridgehead atoms. The Kier molecular flexibility index (Phi) is 2.29. The van der Waals surface area contributed by atoms with E-state index >= 15 is 0 Å². The molecule has 0 saturated heterocycles. The van der Waals surface area contributed by atoms with E-state index in [0.717, 1.165) is 19.3 Å². The molecule has 0 radical (unpaired) electrons. The van der Waals surface area contributed by atoms with Crippen molar-refractivity contribution in [1.29, 1.82) is 0 Å². The van der Waals surface area contributed by atoms with Gasteiger partial charge < -0.3 is 5.11 Å². The molecule has 2 aliphatic carbocycles. The molecule has 0 aromatic heterocycles. The Morgan fingerprint density at radius 2 is 2.50 bits per heavy atom. The SMILES string of the molecule is OC1(C/C=C/I)CC2C=CCC21. The smallest absolute Gasteiger partial charge is 0.0724 e. The first kappa shape index (κ1) is 8.75. The molecule has 1 fully saturated rings. The second-order valence-corrected chi connectivity index (χ2v) is 4.53. The molecule has 12 heavy (non-hydrogen) atoms. The van der Waals surface area contributed by atoms with E-state index in [1.54, 1.807) is 0 Å². The maximum Gasteiger partial charge on any atom is 0.0724 e. The third-order valence-electron chi connectivity index (χ3n) is 3.13. The maximum absolute atomic E-state index is 10.1. The molecule has 66 valence electrons. The van der Waals surface area contributed by atoms with Crippen molar-refractivity contribution in [3.8, 4) is 0 Å². The maximum atomic E-state index is 10.1. The van der Waals surface area contributed by atoms with Gasteiger partial charge in [0.15, 0.2) is 0 Å². The lowest BCUT2D eigenvalue weighted by Crippen LogP contribution is -2.51. The van der Waals surface area contributed by atoms with Gasteiger partial charge in [0, 0.05) is 0 Å². The fourth-order valence-corrected chi connectivity index (χ4v) is 2.67. The highest BCUT2D eigenvalue weighted by Gasteiger charge is 2.51. The van der Waals surface area contributed by atoms with Gasteiger partial charge in [-0.2, -0.15) is 0 Å². The largest absolute Gasteiger partial charge is 0.389 e. The highest BCUT2D eigenvalue weighted by Crippen LogP contribution is 2.52. The van der Waals surface area contributed by atoms with Crippen LogP contribution in [-0.2, 0) is 0 Å². The summed E-state index contributed by atoms with van der Waals surface area (Å²) in [7, 11) is 0. The summed E-state index contributed by atoms with van der Waals surface area (Å²) < 4.78 is 1.99. The zero-order valence-electron chi connectivity index (χ0n) is 6.91. The molecule has 0 aliphatic heterocycles. The van der Waals surface area contributed by atoms with Gasteiger partial charge in [0.1, 0.15) is 0 Å². The molecule has 1 nitrogen and oxygen atoms in total. The van der Waals surface area contributed by atoms with Gasteiger partial charge >= 0.3 is 0 Å². The summed E-state index contributed by atoms with van der Waals surface area (Å²) in [6.07, 6.45) is 9.41. The fourth-order valence-electron chi connectivity index (χ4n) is 2.42. The van der Waals surface area contributed by atoms with E-state index in [-0.39, 0.29) is 5.60 Å². The number of fused-ring (bicyclic) bond motifs is 1. The van der Waals surface area contributed by atoms with Gasteiger partial charge in [0.05, 0.1) is 5.60 Å². The van der Waals surface area contributed by atoms with E-state index < -0.39 is 0 Å². The molecule has 0 aromatic carbocycles. The Balaban J connectivity index is 1.97. The number of aliphatic hydroxyl groups is 1. The lowest BCUT2D eigenvalue weighted by atomic mass is 9.61. The summed E-state index contributed by atoms with van der Waals surface area (Å²) in [5, 5.41) is 10.1. The van der Waals surface area contributed by atoms with Crippen molar-refractivity contribution < 1.29 is 5.11 Å². The molecule has 3 atom stereocenters. The standard InChI is InChI=1S/C10H13IO/c11-6-2-5-10(12)7-8-3-1-4-9(8)10/h1-3,6,8-9,12H,4-5,7H2/b6-2+. The molecule has 1 saturated carbocycles. The predicted octanol–water partition coefficient (Wildman–Crippen LogP) is 2.65. The minimum Gasteiger partial charge on any atom is -0.389 e. The number of hydrogen-bond donors (Lipinski definition) is 1. The average molecular weight is 276 g/mol. The van der Waals surface area contributed by atoms with Crippen LogP contribution in [0.2, 0.25) is 0 Å². The van der Waals surface area contributed by atoms with Crippen LogP contribution in [0.15, 0.2) is 22.3 Å². The van der Waals surface area contributed by atoms with Crippen LogP contribution >= 0.6 is 22.6 Å². The second-order valence-electron chi connectivity index (χ2n) is 3.81. The van der Waals surface area contributed by atoms with Crippen LogP contribution in [0.5, 0.6) is 0 Å². The Morgan fingerprint density at radius 1 is 1.67 bits per heavy atom. The molecule has 0 aromatic rings. The van der Waals surface area contributed by atoms with Crippen LogP contribution in [-0.4, -0.2) is 10.7 Å². The van der Waals surface area contributed by atoms with Crippen molar-refractivity contribution in [2.75, 3.05) is 0 Å². The molecular weight excluding hydrogens is 263 g/mol. The first-order valence-electron chi connectivity index (χ1n) is 4.40. The number of halogens is 1. The summed E-state index contributed by atoms with van der Waals surface area (Å²) in [5.74, 6) is 1.20. The first-order chi connectivity index (χ1) is 5.76. The molecule has 2 heteroatoms. The fraction of sp³-hybridized carbons (Fsp3) is 0.600. The molecular formula is C10H13IO. The molecule has 0 heterocycles. The van der Waals surface area contributed by atoms with Crippen molar-refractivity contribution in [1.82, 2.24) is 0 Å². The summed E-state index contributed by atoms with van der Waals surface area (Å²) in [6, 6.07) is 0. The van der Waals surface area contributed by atoms with Gasteiger partial charge in [-0.15, -0.1) is 0 Å². The normalized spacial score (nSPS) is 44.8. The van der Waals surface area contributed by atoms with E-state index in [9.17, 15) is 5.11 Å². The lowest BCUT2D eigenvalue weighted by Gasteiger charge is -2.48. The number of rotatable bonds is 2. The van der Waals surface area contributed by atoms with Crippen molar-refractivity contribution in [3.63, 3.8) is 0 Å². The Morgan fingerprint density at radius 3 is 3.17 bits per heavy atom. The second kappa shape index (κ2) is 3.14. The minimum atomic E-state index is -0.379. The Hall–Kier alpha value is 0.170. The average Bonchev–Trinajstić information content (AvgIpc) is 2.43. The predicted molar refractivity (Wildman–Crippen MR) is 58.1 cm³/mol. The van der Waals surface area contributed by atoms with E-state index in [1.807, 2.05) is 4.08 Å². The summed E-state index contributed by atoms with van der Waals surface area (Å²) in [4.78, 5) is 0. The molecule has 1 N–H and O–H groups in total. The lowest BCUT2D eigenvalue weighted by molar-refractivity contribution is -0.113. The highest BCUT2D eigenvalue weighted by atomic mass is 127. The molecule has 0 amide bonds. The van der Waals surface area contributed by atoms with Crippen molar-refractivity contribution in [2.24, 2.45) is 11.8 Å². The molecule has 3 unspecified atom stereocenters. The van der Waals surface area contributed by atoms with Gasteiger partial charge in [-0.05, 0) is 35.2 Å². The molecule has 0 spiro atoms.